The third-order valence-corrected chi connectivity index (χ3v) is 6.23. The zero-order valence-corrected chi connectivity index (χ0v) is 24.4. The van der Waals surface area contributed by atoms with Gasteiger partial charge in [-0.3, -0.25) is 9.98 Å². The van der Waals surface area contributed by atoms with E-state index < -0.39 is 0 Å². The zero-order valence-electron chi connectivity index (χ0n) is 23.4. The first-order chi connectivity index (χ1) is 17.7. The Morgan fingerprint density at radius 1 is 0.649 bits per heavy atom. The summed E-state index contributed by atoms with van der Waals surface area (Å²) in [5, 5.41) is 0. The van der Waals surface area contributed by atoms with Crippen LogP contribution in [0.2, 0.25) is 0 Å². The first kappa shape index (κ1) is 32.8. The molecule has 0 bridgehead atoms. The molecule has 2 aromatic rings. The van der Waals surface area contributed by atoms with E-state index in [0.29, 0.717) is 0 Å². The quantitative estimate of drug-likeness (QED) is 0.102. The molecule has 2 nitrogen and oxygen atoms in total. The van der Waals surface area contributed by atoms with Crippen molar-refractivity contribution in [2.45, 2.75) is 104 Å². The summed E-state index contributed by atoms with van der Waals surface area (Å²) in [6, 6.07) is 17.0. The molecule has 0 amide bonds. The monoisotopic (exact) mass is 542 g/mol. The van der Waals surface area contributed by atoms with E-state index in [1.807, 2.05) is 6.21 Å². The summed E-state index contributed by atoms with van der Waals surface area (Å²) in [5.41, 5.74) is 5.44. The van der Waals surface area contributed by atoms with E-state index in [9.17, 15) is 0 Å². The Kier molecular flexibility index (Phi) is 19.3. The molecule has 0 spiro atoms. The number of benzene rings is 2. The van der Waals surface area contributed by atoms with Crippen molar-refractivity contribution in [3.05, 3.63) is 71.8 Å². The van der Waals surface area contributed by atoms with Crippen LogP contribution in [-0.2, 0) is 16.5 Å². The molecule has 2 rings (SSSR count). The van der Waals surface area contributed by atoms with Crippen molar-refractivity contribution in [2.75, 3.05) is 0 Å². The summed E-state index contributed by atoms with van der Waals surface area (Å²) >= 11 is 0. The number of aliphatic imine (C=N–C) groups is 2. The van der Waals surface area contributed by atoms with Gasteiger partial charge < -0.3 is 0 Å². The van der Waals surface area contributed by atoms with Crippen molar-refractivity contribution in [3.8, 4) is 0 Å². The minimum Gasteiger partial charge on any atom is -0.255 e. The number of unbranched alkanes of at least 4 members (excludes halogenated alkanes) is 9. The molecule has 0 atom stereocenters. The second-order valence-electron chi connectivity index (χ2n) is 9.66. The van der Waals surface area contributed by atoms with Crippen LogP contribution >= 0.6 is 0 Å². The largest absolute Gasteiger partial charge is 0.255 e. The Labute approximate surface area is 237 Å². The average Bonchev–Trinajstić information content (AvgIpc) is 2.90. The molecule has 0 fully saturated rings. The van der Waals surface area contributed by atoms with Crippen LogP contribution in [0.1, 0.15) is 115 Å². The Balaban J connectivity index is 0.00000684. The topological polar surface area (TPSA) is 24.7 Å². The Hall–Kier alpha value is -2.25. The van der Waals surface area contributed by atoms with E-state index in [-0.39, 0.29) is 16.5 Å². The SMILES string of the molecule is CCCCCCC=Cc1cccc(N=CC(CCCC)=Nc2cccc(C=CCCCCCC)c2)c1.[Ni]. The van der Waals surface area contributed by atoms with E-state index >= 15 is 0 Å². The minimum absolute atomic E-state index is 0. The van der Waals surface area contributed by atoms with E-state index in [1.165, 1.54) is 62.5 Å². The maximum Gasteiger partial charge on any atom is 0.0639 e. The second-order valence-corrected chi connectivity index (χ2v) is 9.66. The van der Waals surface area contributed by atoms with Crippen molar-refractivity contribution in [1.29, 1.82) is 0 Å². The summed E-state index contributed by atoms with van der Waals surface area (Å²) in [6.07, 6.45) is 26.9. The van der Waals surface area contributed by atoms with Crippen molar-refractivity contribution in [3.63, 3.8) is 0 Å². The van der Waals surface area contributed by atoms with Crippen molar-refractivity contribution >= 4 is 35.5 Å². The number of hydrogen-bond donors (Lipinski definition) is 0. The first-order valence-electron chi connectivity index (χ1n) is 14.4. The van der Waals surface area contributed by atoms with Crippen LogP contribution in [0.15, 0.2) is 70.7 Å². The van der Waals surface area contributed by atoms with Gasteiger partial charge in [-0.2, -0.15) is 0 Å². The normalized spacial score (nSPS) is 12.1. The fraction of sp³-hybridized carbons (Fsp3) is 0.471. The number of hydrogen-bond acceptors (Lipinski definition) is 2. The van der Waals surface area contributed by atoms with Gasteiger partial charge in [0.25, 0.3) is 0 Å². The van der Waals surface area contributed by atoms with Gasteiger partial charge in [0.05, 0.1) is 17.1 Å². The standard InChI is InChI=1S/C34H48N2.Ni/c1-4-7-10-12-14-16-20-30-22-18-25-32(27-30)35-29-34(24-9-6-3)36-33-26-19-23-31(28-33)21-17-15-13-11-8-5-2;/h16-23,25-29H,4-15,24H2,1-3H3;. The van der Waals surface area contributed by atoms with Crippen LogP contribution in [0.3, 0.4) is 0 Å². The summed E-state index contributed by atoms with van der Waals surface area (Å²) in [7, 11) is 0. The summed E-state index contributed by atoms with van der Waals surface area (Å²) in [6.45, 7) is 6.73. The molecular formula is C34H48N2Ni. The second kappa shape index (κ2) is 21.8. The van der Waals surface area contributed by atoms with Crippen LogP contribution in [0.25, 0.3) is 12.2 Å². The van der Waals surface area contributed by atoms with Crippen molar-refractivity contribution < 1.29 is 16.5 Å². The van der Waals surface area contributed by atoms with Gasteiger partial charge in [-0.05, 0) is 73.9 Å². The van der Waals surface area contributed by atoms with E-state index in [2.05, 4.69) is 93.6 Å². The predicted molar refractivity (Wildman–Crippen MR) is 163 cm³/mol. The molecular weight excluding hydrogens is 495 g/mol. The summed E-state index contributed by atoms with van der Waals surface area (Å²) < 4.78 is 0. The number of nitrogens with zero attached hydrogens (tertiary/aromatic N) is 2. The molecule has 0 saturated heterocycles. The molecule has 0 unspecified atom stereocenters. The fourth-order valence-corrected chi connectivity index (χ4v) is 4.05. The number of rotatable bonds is 18. The van der Waals surface area contributed by atoms with Crippen LogP contribution < -0.4 is 0 Å². The minimum atomic E-state index is 0. The van der Waals surface area contributed by atoms with Crippen LogP contribution in [-0.4, -0.2) is 11.9 Å². The number of allylic oxidation sites excluding steroid dienone is 2. The Morgan fingerprint density at radius 3 is 1.76 bits per heavy atom. The molecule has 2 aromatic carbocycles. The Bertz CT molecular complexity index is 971. The van der Waals surface area contributed by atoms with E-state index in [1.54, 1.807) is 0 Å². The smallest absolute Gasteiger partial charge is 0.0639 e. The first-order valence-corrected chi connectivity index (χ1v) is 14.4. The maximum atomic E-state index is 4.97. The Morgan fingerprint density at radius 2 is 1.19 bits per heavy atom. The van der Waals surface area contributed by atoms with Gasteiger partial charge in [-0.1, -0.05) is 114 Å². The van der Waals surface area contributed by atoms with Crippen LogP contribution in [0.4, 0.5) is 11.4 Å². The molecule has 0 N–H and O–H groups in total. The molecule has 0 saturated carbocycles. The van der Waals surface area contributed by atoms with Crippen molar-refractivity contribution in [2.24, 2.45) is 9.98 Å². The van der Waals surface area contributed by atoms with Gasteiger partial charge >= 0.3 is 0 Å². The zero-order chi connectivity index (χ0) is 25.7. The van der Waals surface area contributed by atoms with Gasteiger partial charge in [-0.15, -0.1) is 0 Å². The third-order valence-electron chi connectivity index (χ3n) is 6.23. The molecule has 37 heavy (non-hydrogen) atoms. The predicted octanol–water partition coefficient (Wildman–Crippen LogP) is 11.3. The average molecular weight is 543 g/mol. The van der Waals surface area contributed by atoms with Gasteiger partial charge in [-0.25, -0.2) is 0 Å². The van der Waals surface area contributed by atoms with E-state index in [4.69, 9.17) is 9.98 Å². The molecule has 0 heterocycles. The third kappa shape index (κ3) is 15.6. The summed E-state index contributed by atoms with van der Waals surface area (Å²) in [5.74, 6) is 0. The van der Waals surface area contributed by atoms with Gasteiger partial charge in [0.2, 0.25) is 0 Å². The fourth-order valence-electron chi connectivity index (χ4n) is 4.05. The molecule has 0 radical (unpaired) electrons. The molecule has 0 aliphatic heterocycles. The van der Waals surface area contributed by atoms with Gasteiger partial charge in [0.1, 0.15) is 0 Å². The van der Waals surface area contributed by atoms with Gasteiger partial charge in [0, 0.05) is 22.7 Å². The van der Waals surface area contributed by atoms with Gasteiger partial charge in [0.15, 0.2) is 0 Å². The molecule has 0 aliphatic rings. The molecule has 0 aliphatic carbocycles. The maximum absolute atomic E-state index is 4.97. The summed E-state index contributed by atoms with van der Waals surface area (Å²) in [4.78, 5) is 9.76. The van der Waals surface area contributed by atoms with Crippen LogP contribution in [0.5, 0.6) is 0 Å². The molecule has 3 heteroatoms. The molecule has 204 valence electrons. The van der Waals surface area contributed by atoms with Crippen LogP contribution in [0, 0.1) is 0 Å². The van der Waals surface area contributed by atoms with E-state index in [0.717, 1.165) is 49.2 Å². The molecule has 0 aromatic heterocycles. The van der Waals surface area contributed by atoms with Crippen molar-refractivity contribution in [1.82, 2.24) is 0 Å².